The van der Waals surface area contributed by atoms with E-state index in [9.17, 15) is 0 Å². The third kappa shape index (κ3) is 1.70. The smallest absolute Gasteiger partial charge is 0.106 e. The highest BCUT2D eigenvalue weighted by Gasteiger charge is 2.06. The fraction of sp³-hybridized carbons (Fsp3) is 0.167. The van der Waals surface area contributed by atoms with Gasteiger partial charge in [-0.05, 0) is 31.5 Å². The summed E-state index contributed by atoms with van der Waals surface area (Å²) in [7, 11) is 0. The number of benzene rings is 1. The molecule has 0 atom stereocenters. The molecule has 1 aromatic carbocycles. The maximum atomic E-state index is 5.67. The Morgan fingerprint density at radius 2 is 2.07 bits per heavy atom. The minimum absolute atomic E-state index is 0.401. The van der Waals surface area contributed by atoms with Crippen molar-refractivity contribution in [1.82, 2.24) is 4.98 Å². The number of aromatic nitrogens is 1. The van der Waals surface area contributed by atoms with Gasteiger partial charge >= 0.3 is 0 Å². The molecule has 0 bridgehead atoms. The summed E-state index contributed by atoms with van der Waals surface area (Å²) in [4.78, 5) is 4.89. The Morgan fingerprint density at radius 3 is 2.73 bits per heavy atom. The van der Waals surface area contributed by atoms with E-state index in [-0.39, 0.29) is 0 Å². The van der Waals surface area contributed by atoms with E-state index in [1.807, 2.05) is 25.1 Å². The standard InChI is InChI=1S/C12H12N2S/c1-7-6-8(2)14-11-9(7)4-3-5-10(11)12(13)15/h3-6H,1-2H3,(H2,13,15). The van der Waals surface area contributed by atoms with Crippen LogP contribution in [0.3, 0.4) is 0 Å². The number of pyridine rings is 1. The summed E-state index contributed by atoms with van der Waals surface area (Å²) in [6.45, 7) is 4.04. The molecular formula is C12H12N2S. The molecule has 0 aliphatic carbocycles. The second-order valence-electron chi connectivity index (χ2n) is 3.65. The van der Waals surface area contributed by atoms with Crippen molar-refractivity contribution in [3.63, 3.8) is 0 Å². The average Bonchev–Trinajstić information content (AvgIpc) is 2.16. The first kappa shape index (κ1) is 10.1. The van der Waals surface area contributed by atoms with Crippen LogP contribution < -0.4 is 5.73 Å². The van der Waals surface area contributed by atoms with Crippen LogP contribution in [-0.4, -0.2) is 9.97 Å². The zero-order valence-corrected chi connectivity index (χ0v) is 9.56. The van der Waals surface area contributed by atoms with E-state index in [2.05, 4.69) is 18.0 Å². The summed E-state index contributed by atoms with van der Waals surface area (Å²) in [6.07, 6.45) is 0. The van der Waals surface area contributed by atoms with Crippen molar-refractivity contribution in [2.75, 3.05) is 0 Å². The van der Waals surface area contributed by atoms with Crippen LogP contribution in [0.4, 0.5) is 0 Å². The van der Waals surface area contributed by atoms with E-state index >= 15 is 0 Å². The minimum atomic E-state index is 0.401. The maximum Gasteiger partial charge on any atom is 0.106 e. The van der Waals surface area contributed by atoms with Crippen LogP contribution in [0.15, 0.2) is 24.3 Å². The monoisotopic (exact) mass is 216 g/mol. The zero-order valence-electron chi connectivity index (χ0n) is 8.74. The van der Waals surface area contributed by atoms with Crippen molar-refractivity contribution < 1.29 is 0 Å². The molecule has 2 rings (SSSR count). The second kappa shape index (κ2) is 3.59. The molecule has 0 saturated heterocycles. The minimum Gasteiger partial charge on any atom is -0.389 e. The summed E-state index contributed by atoms with van der Waals surface area (Å²) in [5, 5.41) is 1.12. The third-order valence-electron chi connectivity index (χ3n) is 2.44. The molecule has 0 spiro atoms. The molecule has 3 heteroatoms. The molecule has 0 unspecified atom stereocenters. The van der Waals surface area contributed by atoms with Gasteiger partial charge in [0, 0.05) is 16.6 Å². The largest absolute Gasteiger partial charge is 0.389 e. The molecule has 1 heterocycles. The van der Waals surface area contributed by atoms with E-state index in [1.165, 1.54) is 5.56 Å². The van der Waals surface area contributed by atoms with Crippen LogP contribution in [0, 0.1) is 13.8 Å². The first-order chi connectivity index (χ1) is 7.09. The van der Waals surface area contributed by atoms with Gasteiger partial charge in [0.2, 0.25) is 0 Å². The van der Waals surface area contributed by atoms with Gasteiger partial charge in [-0.15, -0.1) is 0 Å². The summed E-state index contributed by atoms with van der Waals surface area (Å²) >= 11 is 5.01. The first-order valence-corrected chi connectivity index (χ1v) is 5.17. The molecule has 1 aromatic heterocycles. The molecule has 0 saturated carbocycles. The van der Waals surface area contributed by atoms with Gasteiger partial charge in [-0.2, -0.15) is 0 Å². The second-order valence-corrected chi connectivity index (χ2v) is 4.09. The number of nitrogens with zero attached hydrogens (tertiary/aromatic N) is 1. The third-order valence-corrected chi connectivity index (χ3v) is 2.66. The molecular weight excluding hydrogens is 204 g/mol. The molecule has 2 nitrogen and oxygen atoms in total. The van der Waals surface area contributed by atoms with Crippen LogP contribution in [0.5, 0.6) is 0 Å². The van der Waals surface area contributed by atoms with Crippen molar-refractivity contribution >= 4 is 28.1 Å². The number of aryl methyl sites for hydroxylation is 2. The molecule has 0 aliphatic rings. The number of rotatable bonds is 1. The maximum absolute atomic E-state index is 5.67. The predicted molar refractivity (Wildman–Crippen MR) is 67.1 cm³/mol. The molecule has 0 radical (unpaired) electrons. The summed E-state index contributed by atoms with van der Waals surface area (Å²) in [5.74, 6) is 0. The SMILES string of the molecule is Cc1cc(C)c2cccc(C(N)=S)c2n1. The van der Waals surface area contributed by atoms with Crippen molar-refractivity contribution in [3.05, 3.63) is 41.1 Å². The van der Waals surface area contributed by atoms with Gasteiger partial charge in [-0.1, -0.05) is 24.4 Å². The van der Waals surface area contributed by atoms with Gasteiger partial charge in [0.05, 0.1) is 5.52 Å². The van der Waals surface area contributed by atoms with Crippen molar-refractivity contribution in [2.45, 2.75) is 13.8 Å². The van der Waals surface area contributed by atoms with Crippen LogP contribution in [0.2, 0.25) is 0 Å². The molecule has 2 aromatic rings. The average molecular weight is 216 g/mol. The van der Waals surface area contributed by atoms with Gasteiger partial charge < -0.3 is 5.73 Å². The fourth-order valence-corrected chi connectivity index (χ4v) is 1.95. The predicted octanol–water partition coefficient (Wildman–Crippen LogP) is 2.49. The number of para-hydroxylation sites is 1. The fourth-order valence-electron chi connectivity index (χ4n) is 1.78. The van der Waals surface area contributed by atoms with E-state index < -0.39 is 0 Å². The Morgan fingerprint density at radius 1 is 1.33 bits per heavy atom. The Kier molecular flexibility index (Phi) is 2.40. The summed E-state index contributed by atoms with van der Waals surface area (Å²) in [6, 6.07) is 7.97. The Labute approximate surface area is 94.1 Å². The Bertz CT molecular complexity index is 547. The molecule has 0 aliphatic heterocycles. The number of nitrogens with two attached hydrogens (primary N) is 1. The molecule has 0 fully saturated rings. The van der Waals surface area contributed by atoms with Gasteiger partial charge in [0.1, 0.15) is 4.99 Å². The van der Waals surface area contributed by atoms with Gasteiger partial charge in [0.25, 0.3) is 0 Å². The number of fused-ring (bicyclic) bond motifs is 1. The summed E-state index contributed by atoms with van der Waals surface area (Å²) < 4.78 is 0. The molecule has 0 amide bonds. The highest BCUT2D eigenvalue weighted by Crippen LogP contribution is 2.20. The van der Waals surface area contributed by atoms with Crippen LogP contribution in [0.1, 0.15) is 16.8 Å². The topological polar surface area (TPSA) is 38.9 Å². The quantitative estimate of drug-likeness (QED) is 0.744. The highest BCUT2D eigenvalue weighted by atomic mass is 32.1. The number of hydrogen-bond acceptors (Lipinski definition) is 2. The normalized spacial score (nSPS) is 10.5. The Hall–Kier alpha value is -1.48. The first-order valence-electron chi connectivity index (χ1n) is 4.76. The summed E-state index contributed by atoms with van der Waals surface area (Å²) in [5.41, 5.74) is 9.63. The lowest BCUT2D eigenvalue weighted by molar-refractivity contribution is 1.23. The van der Waals surface area contributed by atoms with E-state index in [4.69, 9.17) is 18.0 Å². The number of hydrogen-bond donors (Lipinski definition) is 1. The van der Waals surface area contributed by atoms with Crippen molar-refractivity contribution in [1.29, 1.82) is 0 Å². The number of thiocarbonyl (C=S) groups is 1. The zero-order chi connectivity index (χ0) is 11.0. The lowest BCUT2D eigenvalue weighted by Crippen LogP contribution is -2.10. The van der Waals surface area contributed by atoms with Gasteiger partial charge in [-0.25, -0.2) is 0 Å². The van der Waals surface area contributed by atoms with E-state index in [0.717, 1.165) is 22.2 Å². The van der Waals surface area contributed by atoms with Gasteiger partial charge in [-0.3, -0.25) is 4.98 Å². The molecule has 15 heavy (non-hydrogen) atoms. The highest BCUT2D eigenvalue weighted by molar-refractivity contribution is 7.80. The molecule has 2 N–H and O–H groups in total. The molecule has 76 valence electrons. The van der Waals surface area contributed by atoms with Crippen LogP contribution in [0.25, 0.3) is 10.9 Å². The van der Waals surface area contributed by atoms with E-state index in [1.54, 1.807) is 0 Å². The van der Waals surface area contributed by atoms with Gasteiger partial charge in [0.15, 0.2) is 0 Å². The van der Waals surface area contributed by atoms with Crippen LogP contribution >= 0.6 is 12.2 Å². The van der Waals surface area contributed by atoms with Crippen molar-refractivity contribution in [2.24, 2.45) is 5.73 Å². The lowest BCUT2D eigenvalue weighted by Gasteiger charge is -2.07. The lowest BCUT2D eigenvalue weighted by atomic mass is 10.1. The van der Waals surface area contributed by atoms with Crippen molar-refractivity contribution in [3.8, 4) is 0 Å². The van der Waals surface area contributed by atoms with E-state index in [0.29, 0.717) is 4.99 Å². The van der Waals surface area contributed by atoms with Crippen LogP contribution in [-0.2, 0) is 0 Å². The Balaban J connectivity index is 2.91.